The predicted molar refractivity (Wildman–Crippen MR) is 96.0 cm³/mol. The summed E-state index contributed by atoms with van der Waals surface area (Å²) in [6.45, 7) is 3.44. The molecule has 1 N–H and O–H groups in total. The smallest absolute Gasteiger partial charge is 0.361 e. The maximum absolute atomic E-state index is 11.7. The Kier molecular flexibility index (Phi) is 5.83. The third-order valence-corrected chi connectivity index (χ3v) is 4.16. The number of aliphatic carboxylic acids is 1. The molecule has 7 nitrogen and oxygen atoms in total. The summed E-state index contributed by atoms with van der Waals surface area (Å²) in [5.41, 5.74) is 1.94. The highest BCUT2D eigenvalue weighted by Gasteiger charge is 2.34. The predicted octanol–water partition coefficient (Wildman–Crippen LogP) is 3.44. The summed E-state index contributed by atoms with van der Waals surface area (Å²) in [6.07, 6.45) is -1.20. The summed E-state index contributed by atoms with van der Waals surface area (Å²) in [5, 5.41) is 9.53. The van der Waals surface area contributed by atoms with E-state index in [2.05, 4.69) is 0 Å². The number of benzene rings is 2. The van der Waals surface area contributed by atoms with Gasteiger partial charge in [-0.25, -0.2) is 4.79 Å². The monoisotopic (exact) mass is 374 g/mol. The Hall–Kier alpha value is -2.77. The van der Waals surface area contributed by atoms with Crippen LogP contribution in [0.15, 0.2) is 36.4 Å². The molecule has 2 atom stereocenters. The lowest BCUT2D eigenvalue weighted by molar-refractivity contribution is -0.173. The molecule has 0 saturated heterocycles. The second-order valence-corrected chi connectivity index (χ2v) is 5.96. The molecule has 0 aliphatic carbocycles. The van der Waals surface area contributed by atoms with Crippen LogP contribution in [0.4, 0.5) is 0 Å². The van der Waals surface area contributed by atoms with Crippen LogP contribution < -0.4 is 14.2 Å². The van der Waals surface area contributed by atoms with Crippen LogP contribution in [0, 0.1) is 6.92 Å². The molecule has 1 aliphatic heterocycles. The summed E-state index contributed by atoms with van der Waals surface area (Å²) in [7, 11) is 1.34. The van der Waals surface area contributed by atoms with E-state index >= 15 is 0 Å². The fourth-order valence-corrected chi connectivity index (χ4v) is 2.92. The highest BCUT2D eigenvalue weighted by molar-refractivity contribution is 5.77. The van der Waals surface area contributed by atoms with E-state index in [9.17, 15) is 9.90 Å². The first-order valence-corrected chi connectivity index (χ1v) is 8.59. The minimum Gasteiger partial charge on any atom is -0.488 e. The van der Waals surface area contributed by atoms with Crippen molar-refractivity contribution in [2.45, 2.75) is 33.0 Å². The molecule has 2 unspecified atom stereocenters. The molecule has 3 rings (SSSR count). The number of carbonyl (C=O) groups is 1. The minimum atomic E-state index is -1.20. The Morgan fingerprint density at radius 1 is 1.26 bits per heavy atom. The van der Waals surface area contributed by atoms with Crippen molar-refractivity contribution in [3.8, 4) is 17.2 Å². The van der Waals surface area contributed by atoms with E-state index in [0.29, 0.717) is 35.0 Å². The van der Waals surface area contributed by atoms with Crippen LogP contribution >= 0.6 is 0 Å². The van der Waals surface area contributed by atoms with Gasteiger partial charge >= 0.3 is 12.4 Å². The van der Waals surface area contributed by atoms with E-state index in [1.54, 1.807) is 13.0 Å². The fraction of sp³-hybridized carbons (Fsp3) is 0.350. The molecule has 7 heteroatoms. The zero-order valence-corrected chi connectivity index (χ0v) is 15.4. The number of rotatable bonds is 8. The van der Waals surface area contributed by atoms with Gasteiger partial charge in [0.2, 0.25) is 0 Å². The van der Waals surface area contributed by atoms with Gasteiger partial charge < -0.3 is 28.8 Å². The summed E-state index contributed by atoms with van der Waals surface area (Å²) in [5.74, 6) is 0.145. The van der Waals surface area contributed by atoms with Crippen LogP contribution in [-0.4, -0.2) is 31.3 Å². The van der Waals surface area contributed by atoms with Crippen molar-refractivity contribution < 1.29 is 33.6 Å². The van der Waals surface area contributed by atoms with Gasteiger partial charge in [-0.3, -0.25) is 0 Å². The third-order valence-electron chi connectivity index (χ3n) is 4.16. The zero-order chi connectivity index (χ0) is 19.4. The van der Waals surface area contributed by atoms with Crippen molar-refractivity contribution in [2.75, 3.05) is 13.7 Å². The molecule has 0 amide bonds. The SMILES string of the molecule is CCOC1Oc2cc(C(OC)C(=O)O)c(OCc3ccccc3)c(C)c2O1. The first-order valence-electron chi connectivity index (χ1n) is 8.59. The number of ether oxygens (including phenoxy) is 5. The normalized spacial score (nSPS) is 16.2. The largest absolute Gasteiger partial charge is 0.488 e. The van der Waals surface area contributed by atoms with Gasteiger partial charge in [0.1, 0.15) is 12.4 Å². The average Bonchev–Trinajstić information content (AvgIpc) is 3.06. The van der Waals surface area contributed by atoms with Gasteiger partial charge in [0.15, 0.2) is 17.6 Å². The standard InChI is InChI=1S/C20H22O7/c1-4-24-20-26-15-10-14(18(23-3)19(21)22)16(12(2)17(15)27-20)25-11-13-8-6-5-7-9-13/h5-10,18,20H,4,11H2,1-3H3,(H,21,22). The van der Waals surface area contributed by atoms with Crippen LogP contribution in [0.2, 0.25) is 0 Å². The molecule has 2 aromatic rings. The van der Waals surface area contributed by atoms with Gasteiger partial charge in [-0.2, -0.15) is 0 Å². The van der Waals surface area contributed by atoms with E-state index in [1.807, 2.05) is 37.3 Å². The van der Waals surface area contributed by atoms with Crippen molar-refractivity contribution in [1.29, 1.82) is 0 Å². The summed E-state index contributed by atoms with van der Waals surface area (Å²) < 4.78 is 27.8. The van der Waals surface area contributed by atoms with Crippen LogP contribution in [-0.2, 0) is 20.9 Å². The Morgan fingerprint density at radius 3 is 2.63 bits per heavy atom. The molecule has 0 fully saturated rings. The molecule has 0 saturated carbocycles. The molecular formula is C20H22O7. The van der Waals surface area contributed by atoms with Crippen LogP contribution in [0.25, 0.3) is 0 Å². The molecule has 1 aliphatic rings. The molecule has 0 radical (unpaired) electrons. The third kappa shape index (κ3) is 3.99. The maximum Gasteiger partial charge on any atom is 0.361 e. The average molecular weight is 374 g/mol. The quantitative estimate of drug-likeness (QED) is 0.758. The number of fused-ring (bicyclic) bond motifs is 1. The van der Waals surface area contributed by atoms with Crippen molar-refractivity contribution in [2.24, 2.45) is 0 Å². The Morgan fingerprint density at radius 2 is 2.00 bits per heavy atom. The Balaban J connectivity index is 1.98. The molecule has 144 valence electrons. The Labute approximate surface area is 157 Å². The highest BCUT2D eigenvalue weighted by atomic mass is 16.9. The lowest BCUT2D eigenvalue weighted by Gasteiger charge is -2.19. The van der Waals surface area contributed by atoms with E-state index in [4.69, 9.17) is 23.7 Å². The van der Waals surface area contributed by atoms with Crippen molar-refractivity contribution in [1.82, 2.24) is 0 Å². The summed E-state index contributed by atoms with van der Waals surface area (Å²) >= 11 is 0. The van der Waals surface area contributed by atoms with Gasteiger partial charge in [0.25, 0.3) is 0 Å². The van der Waals surface area contributed by atoms with E-state index < -0.39 is 18.5 Å². The second kappa shape index (κ2) is 8.28. The number of hydrogen-bond donors (Lipinski definition) is 1. The summed E-state index contributed by atoms with van der Waals surface area (Å²) in [6, 6.07) is 11.2. The fourth-order valence-electron chi connectivity index (χ4n) is 2.92. The van der Waals surface area contributed by atoms with Crippen molar-refractivity contribution in [3.63, 3.8) is 0 Å². The first-order chi connectivity index (χ1) is 13.0. The Bertz CT molecular complexity index is 804. The molecule has 0 spiro atoms. The van der Waals surface area contributed by atoms with Crippen LogP contribution in [0.3, 0.4) is 0 Å². The highest BCUT2D eigenvalue weighted by Crippen LogP contribution is 2.47. The summed E-state index contributed by atoms with van der Waals surface area (Å²) in [4.78, 5) is 11.7. The van der Waals surface area contributed by atoms with Gasteiger partial charge in [-0.05, 0) is 25.5 Å². The van der Waals surface area contributed by atoms with E-state index in [1.165, 1.54) is 7.11 Å². The van der Waals surface area contributed by atoms with Gasteiger partial charge in [-0.15, -0.1) is 0 Å². The molecule has 0 bridgehead atoms. The number of methoxy groups -OCH3 is 1. The second-order valence-electron chi connectivity index (χ2n) is 5.96. The zero-order valence-electron chi connectivity index (χ0n) is 15.4. The van der Waals surface area contributed by atoms with Gasteiger partial charge in [0, 0.05) is 18.2 Å². The number of carboxylic acids is 1. The van der Waals surface area contributed by atoms with Crippen LogP contribution in [0.5, 0.6) is 17.2 Å². The van der Waals surface area contributed by atoms with Gasteiger partial charge in [0.05, 0.1) is 6.61 Å². The topological polar surface area (TPSA) is 83.5 Å². The minimum absolute atomic E-state index is 0.277. The van der Waals surface area contributed by atoms with E-state index in [0.717, 1.165) is 5.56 Å². The lowest BCUT2D eigenvalue weighted by Crippen LogP contribution is -2.21. The number of hydrogen-bond acceptors (Lipinski definition) is 6. The molecule has 27 heavy (non-hydrogen) atoms. The van der Waals surface area contributed by atoms with E-state index in [-0.39, 0.29) is 6.61 Å². The first kappa shape index (κ1) is 19.0. The number of carboxylic acid groups (broad SMARTS) is 1. The maximum atomic E-state index is 11.7. The molecular weight excluding hydrogens is 352 g/mol. The lowest BCUT2D eigenvalue weighted by atomic mass is 10.0. The van der Waals surface area contributed by atoms with Crippen LogP contribution in [0.1, 0.15) is 29.7 Å². The molecule has 2 aromatic carbocycles. The molecule has 0 aromatic heterocycles. The van der Waals surface area contributed by atoms with Crippen molar-refractivity contribution in [3.05, 3.63) is 53.1 Å². The van der Waals surface area contributed by atoms with Crippen molar-refractivity contribution >= 4 is 5.97 Å². The molecule has 1 heterocycles. The van der Waals surface area contributed by atoms with Gasteiger partial charge in [-0.1, -0.05) is 30.3 Å².